The van der Waals surface area contributed by atoms with Crippen molar-refractivity contribution < 1.29 is 13.3 Å². The molecule has 32 heavy (non-hydrogen) atoms. The van der Waals surface area contributed by atoms with Crippen LogP contribution in [0.5, 0.6) is 0 Å². The Hall–Kier alpha value is -2.51. The maximum atomic E-state index is 14.1. The van der Waals surface area contributed by atoms with Crippen molar-refractivity contribution in [2.24, 2.45) is 0 Å². The fourth-order valence-corrected chi connectivity index (χ4v) is 6.22. The van der Waals surface area contributed by atoms with Crippen LogP contribution in [0.3, 0.4) is 0 Å². The Kier molecular flexibility index (Phi) is 6.76. The van der Waals surface area contributed by atoms with Crippen molar-refractivity contribution in [3.05, 3.63) is 102 Å². The molecule has 0 N–H and O–H groups in total. The number of hydroxylamine groups is 2. The van der Waals surface area contributed by atoms with Gasteiger partial charge in [0.25, 0.3) is 0 Å². The predicted molar refractivity (Wildman–Crippen MR) is 126 cm³/mol. The number of hydrogen-bond acceptors (Lipinski definition) is 4. The van der Waals surface area contributed by atoms with Gasteiger partial charge in [-0.05, 0) is 36.6 Å². The van der Waals surface area contributed by atoms with E-state index < -0.39 is 22.3 Å². The largest absolute Gasteiger partial charge is 0.288 e. The molecule has 168 valence electrons. The molecule has 1 aliphatic heterocycles. The van der Waals surface area contributed by atoms with Crippen LogP contribution in [0.2, 0.25) is 0 Å². The Bertz CT molecular complexity index is 1120. The Balaban J connectivity index is 1.89. The average Bonchev–Trinajstić information content (AvgIpc) is 2.81. The molecule has 0 amide bonds. The SMILES string of the molecule is CCC[C@H]1[C@@H](c2ccccc2)ON(C)[C@@H](c2ccccc2)N1S(=O)(=O)c1ccc(C)cc1. The van der Waals surface area contributed by atoms with Crippen LogP contribution >= 0.6 is 0 Å². The van der Waals surface area contributed by atoms with Crippen LogP contribution < -0.4 is 0 Å². The second-order valence-electron chi connectivity index (χ2n) is 8.27. The molecule has 0 spiro atoms. The molecule has 0 aromatic heterocycles. The molecular weight excluding hydrogens is 420 g/mol. The first-order valence-corrected chi connectivity index (χ1v) is 12.5. The van der Waals surface area contributed by atoms with Gasteiger partial charge in [0.1, 0.15) is 12.3 Å². The quantitative estimate of drug-likeness (QED) is 0.500. The number of aryl methyl sites for hydroxylation is 1. The zero-order chi connectivity index (χ0) is 22.7. The molecular formula is C26H30N2O3S. The highest BCUT2D eigenvalue weighted by molar-refractivity contribution is 7.89. The lowest BCUT2D eigenvalue weighted by Gasteiger charge is -2.49. The minimum atomic E-state index is -3.81. The topological polar surface area (TPSA) is 49.9 Å². The lowest BCUT2D eigenvalue weighted by molar-refractivity contribution is -0.284. The van der Waals surface area contributed by atoms with Gasteiger partial charge in [0.2, 0.25) is 10.0 Å². The third-order valence-electron chi connectivity index (χ3n) is 5.95. The van der Waals surface area contributed by atoms with Crippen molar-refractivity contribution >= 4 is 10.0 Å². The molecule has 0 radical (unpaired) electrons. The minimum absolute atomic E-state index is 0.298. The van der Waals surface area contributed by atoms with E-state index in [9.17, 15) is 8.42 Å². The number of rotatable bonds is 6. The first kappa shape index (κ1) is 22.7. The van der Waals surface area contributed by atoms with E-state index in [2.05, 4.69) is 6.92 Å². The number of hydrogen-bond donors (Lipinski definition) is 0. The maximum absolute atomic E-state index is 14.1. The molecule has 3 atom stereocenters. The third-order valence-corrected chi connectivity index (χ3v) is 7.84. The second-order valence-corrected chi connectivity index (χ2v) is 10.1. The smallest absolute Gasteiger partial charge is 0.245 e. The van der Waals surface area contributed by atoms with Crippen LogP contribution in [0.4, 0.5) is 0 Å². The molecule has 6 heteroatoms. The normalized spacial score (nSPS) is 22.7. The van der Waals surface area contributed by atoms with Gasteiger partial charge < -0.3 is 0 Å². The summed E-state index contributed by atoms with van der Waals surface area (Å²) in [6, 6.07) is 26.3. The van der Waals surface area contributed by atoms with Gasteiger partial charge in [-0.1, -0.05) is 91.7 Å². The molecule has 3 aromatic carbocycles. The second kappa shape index (κ2) is 9.55. The highest BCUT2D eigenvalue weighted by Crippen LogP contribution is 2.44. The summed E-state index contributed by atoms with van der Waals surface area (Å²) in [6.45, 7) is 4.03. The van der Waals surface area contributed by atoms with Crippen LogP contribution in [0.25, 0.3) is 0 Å². The Morgan fingerprint density at radius 2 is 1.41 bits per heavy atom. The molecule has 1 fully saturated rings. The van der Waals surface area contributed by atoms with Crippen molar-refractivity contribution in [2.75, 3.05) is 7.05 Å². The zero-order valence-electron chi connectivity index (χ0n) is 18.8. The molecule has 0 saturated carbocycles. The standard InChI is InChI=1S/C26H30N2O3S/c1-4-11-24-25(21-12-7-5-8-13-21)31-27(3)26(22-14-9-6-10-15-22)28(24)32(29,30)23-18-16-20(2)17-19-23/h5-10,12-19,24-26H,4,11H2,1-3H3/t24-,25+,26+/m0/s1. The molecule has 0 unspecified atom stereocenters. The monoisotopic (exact) mass is 450 g/mol. The van der Waals surface area contributed by atoms with E-state index in [1.807, 2.05) is 86.8 Å². The lowest BCUT2D eigenvalue weighted by atomic mass is 9.96. The summed E-state index contributed by atoms with van der Waals surface area (Å²) in [5.74, 6) is 0. The summed E-state index contributed by atoms with van der Waals surface area (Å²) in [7, 11) is -2.00. The maximum Gasteiger partial charge on any atom is 0.245 e. The van der Waals surface area contributed by atoms with E-state index in [1.54, 1.807) is 21.5 Å². The molecule has 1 saturated heterocycles. The van der Waals surface area contributed by atoms with E-state index >= 15 is 0 Å². The Morgan fingerprint density at radius 3 is 1.97 bits per heavy atom. The van der Waals surface area contributed by atoms with Gasteiger partial charge in [-0.3, -0.25) is 4.84 Å². The summed E-state index contributed by atoms with van der Waals surface area (Å²) in [5, 5.41) is 1.69. The van der Waals surface area contributed by atoms with E-state index in [0.717, 1.165) is 23.1 Å². The van der Waals surface area contributed by atoms with Crippen LogP contribution in [0.1, 0.15) is 48.7 Å². The fraction of sp³-hybridized carbons (Fsp3) is 0.308. The van der Waals surface area contributed by atoms with Crippen molar-refractivity contribution in [1.82, 2.24) is 9.37 Å². The van der Waals surface area contributed by atoms with E-state index in [0.29, 0.717) is 11.3 Å². The molecule has 0 bridgehead atoms. The van der Waals surface area contributed by atoms with Gasteiger partial charge in [-0.25, -0.2) is 8.42 Å². The average molecular weight is 451 g/mol. The van der Waals surface area contributed by atoms with Crippen LogP contribution in [-0.2, 0) is 14.9 Å². The summed E-state index contributed by atoms with van der Waals surface area (Å²) in [4.78, 5) is 6.71. The molecule has 5 nitrogen and oxygen atoms in total. The summed E-state index contributed by atoms with van der Waals surface area (Å²) >= 11 is 0. The Morgan fingerprint density at radius 1 is 0.844 bits per heavy atom. The highest BCUT2D eigenvalue weighted by atomic mass is 32.2. The lowest BCUT2D eigenvalue weighted by Crippen LogP contribution is -2.56. The first-order chi connectivity index (χ1) is 15.4. The van der Waals surface area contributed by atoms with Gasteiger partial charge >= 0.3 is 0 Å². The summed E-state index contributed by atoms with van der Waals surface area (Å²) in [6.07, 6.45) is 0.546. The van der Waals surface area contributed by atoms with Gasteiger partial charge in [0, 0.05) is 7.05 Å². The van der Waals surface area contributed by atoms with Crippen molar-refractivity contribution in [1.29, 1.82) is 0 Å². The van der Waals surface area contributed by atoms with Crippen molar-refractivity contribution in [3.63, 3.8) is 0 Å². The molecule has 1 heterocycles. The highest BCUT2D eigenvalue weighted by Gasteiger charge is 2.48. The van der Waals surface area contributed by atoms with Gasteiger partial charge in [-0.15, -0.1) is 0 Å². The predicted octanol–water partition coefficient (Wildman–Crippen LogP) is 5.47. The third kappa shape index (κ3) is 4.36. The Labute approximate surface area is 191 Å². The number of sulfonamides is 1. The number of benzene rings is 3. The first-order valence-electron chi connectivity index (χ1n) is 11.0. The van der Waals surface area contributed by atoms with Gasteiger partial charge in [0.15, 0.2) is 0 Å². The van der Waals surface area contributed by atoms with Gasteiger partial charge in [0.05, 0.1) is 10.9 Å². The fourth-order valence-electron chi connectivity index (χ4n) is 4.41. The van der Waals surface area contributed by atoms with Crippen LogP contribution in [0, 0.1) is 6.92 Å². The van der Waals surface area contributed by atoms with E-state index in [4.69, 9.17) is 4.84 Å². The van der Waals surface area contributed by atoms with Gasteiger partial charge in [-0.2, -0.15) is 9.37 Å². The minimum Gasteiger partial charge on any atom is -0.288 e. The van der Waals surface area contributed by atoms with Crippen molar-refractivity contribution in [3.8, 4) is 0 Å². The van der Waals surface area contributed by atoms with Crippen LogP contribution in [0.15, 0.2) is 89.8 Å². The molecule has 4 rings (SSSR count). The summed E-state index contributed by atoms with van der Waals surface area (Å²) < 4.78 is 29.9. The molecule has 3 aromatic rings. The summed E-state index contributed by atoms with van der Waals surface area (Å²) in [5.41, 5.74) is 2.86. The molecule has 0 aliphatic carbocycles. The zero-order valence-corrected chi connectivity index (χ0v) is 19.6. The van der Waals surface area contributed by atoms with Crippen molar-refractivity contribution in [2.45, 2.75) is 49.9 Å². The van der Waals surface area contributed by atoms with E-state index in [1.165, 1.54) is 0 Å². The van der Waals surface area contributed by atoms with Crippen LogP contribution in [-0.4, -0.2) is 30.9 Å². The molecule has 1 aliphatic rings. The van der Waals surface area contributed by atoms with E-state index in [-0.39, 0.29) is 6.04 Å². The number of nitrogens with zero attached hydrogens (tertiary/aromatic N) is 2.